The summed E-state index contributed by atoms with van der Waals surface area (Å²) in [6, 6.07) is 2.57. The van der Waals surface area contributed by atoms with Gasteiger partial charge in [-0.15, -0.1) is 0 Å². The quantitative estimate of drug-likeness (QED) is 0.666. The molecule has 1 aromatic rings. The number of hydrogen-bond acceptors (Lipinski definition) is 4. The topological polar surface area (TPSA) is 85.4 Å². The van der Waals surface area contributed by atoms with Gasteiger partial charge in [0.2, 0.25) is 5.88 Å². The number of rotatable bonds is 2. The van der Waals surface area contributed by atoms with E-state index in [-0.39, 0.29) is 17.3 Å². The SMILES string of the molecule is COc1cc(C(=O)O)cc(N)n1. The smallest absolute Gasteiger partial charge is 0.336 e. The molecule has 0 fully saturated rings. The molecule has 0 radical (unpaired) electrons. The summed E-state index contributed by atoms with van der Waals surface area (Å²) in [5, 5.41) is 8.59. The van der Waals surface area contributed by atoms with Crippen molar-refractivity contribution in [2.75, 3.05) is 12.8 Å². The van der Waals surface area contributed by atoms with Gasteiger partial charge >= 0.3 is 5.97 Å². The minimum Gasteiger partial charge on any atom is -0.481 e. The van der Waals surface area contributed by atoms with E-state index in [1.54, 1.807) is 0 Å². The summed E-state index contributed by atoms with van der Waals surface area (Å²) in [4.78, 5) is 14.2. The summed E-state index contributed by atoms with van der Waals surface area (Å²) in [5.74, 6) is -0.721. The molecule has 0 atom stereocenters. The van der Waals surface area contributed by atoms with Crippen molar-refractivity contribution < 1.29 is 14.6 Å². The average molecular weight is 168 g/mol. The van der Waals surface area contributed by atoms with E-state index in [4.69, 9.17) is 15.6 Å². The molecule has 1 rings (SSSR count). The van der Waals surface area contributed by atoms with Crippen molar-refractivity contribution in [3.05, 3.63) is 17.7 Å². The predicted octanol–water partition coefficient (Wildman–Crippen LogP) is 0.371. The van der Waals surface area contributed by atoms with Gasteiger partial charge in [-0.3, -0.25) is 0 Å². The van der Waals surface area contributed by atoms with Crippen LogP contribution in [-0.2, 0) is 0 Å². The number of pyridine rings is 1. The van der Waals surface area contributed by atoms with E-state index in [1.807, 2.05) is 0 Å². The highest BCUT2D eigenvalue weighted by Gasteiger charge is 2.06. The summed E-state index contributed by atoms with van der Waals surface area (Å²) in [6.45, 7) is 0. The van der Waals surface area contributed by atoms with Crippen LogP contribution in [0.25, 0.3) is 0 Å². The fraction of sp³-hybridized carbons (Fsp3) is 0.143. The van der Waals surface area contributed by atoms with Crippen molar-refractivity contribution >= 4 is 11.8 Å². The van der Waals surface area contributed by atoms with E-state index in [9.17, 15) is 4.79 Å². The largest absolute Gasteiger partial charge is 0.481 e. The van der Waals surface area contributed by atoms with Gasteiger partial charge < -0.3 is 15.6 Å². The number of nitrogens with two attached hydrogens (primary N) is 1. The summed E-state index contributed by atoms with van der Waals surface area (Å²) in [7, 11) is 1.40. The molecule has 5 heteroatoms. The van der Waals surface area contributed by atoms with Crippen LogP contribution in [0, 0.1) is 0 Å². The van der Waals surface area contributed by atoms with Gasteiger partial charge in [-0.1, -0.05) is 0 Å². The molecule has 0 amide bonds. The second-order valence-corrected chi connectivity index (χ2v) is 2.13. The maximum Gasteiger partial charge on any atom is 0.336 e. The van der Waals surface area contributed by atoms with Gasteiger partial charge in [-0.05, 0) is 6.07 Å². The van der Waals surface area contributed by atoms with Crippen LogP contribution in [0.3, 0.4) is 0 Å². The lowest BCUT2D eigenvalue weighted by atomic mass is 10.2. The Hall–Kier alpha value is -1.78. The summed E-state index contributed by atoms with van der Waals surface area (Å²) in [5.41, 5.74) is 5.39. The third kappa shape index (κ3) is 1.63. The van der Waals surface area contributed by atoms with Gasteiger partial charge in [0, 0.05) is 6.07 Å². The highest BCUT2D eigenvalue weighted by atomic mass is 16.5. The van der Waals surface area contributed by atoms with Crippen molar-refractivity contribution in [3.8, 4) is 5.88 Å². The molecule has 0 aliphatic carbocycles. The monoisotopic (exact) mass is 168 g/mol. The third-order valence-corrected chi connectivity index (χ3v) is 1.28. The van der Waals surface area contributed by atoms with Crippen LogP contribution in [0.4, 0.5) is 5.82 Å². The second-order valence-electron chi connectivity index (χ2n) is 2.13. The van der Waals surface area contributed by atoms with Crippen LogP contribution in [0.2, 0.25) is 0 Å². The van der Waals surface area contributed by atoms with Gasteiger partial charge in [0.25, 0.3) is 0 Å². The number of aromatic carboxylic acids is 1. The minimum atomic E-state index is -1.05. The molecule has 64 valence electrons. The summed E-state index contributed by atoms with van der Waals surface area (Å²) in [6.07, 6.45) is 0. The first-order valence-electron chi connectivity index (χ1n) is 3.18. The van der Waals surface area contributed by atoms with Gasteiger partial charge in [-0.25, -0.2) is 4.79 Å². The molecule has 0 saturated heterocycles. The standard InChI is InChI=1S/C7H8N2O3/c1-12-6-3-4(7(10)11)2-5(8)9-6/h2-3H,1H3,(H2,8,9)(H,10,11). The zero-order valence-corrected chi connectivity index (χ0v) is 6.44. The average Bonchev–Trinajstić information content (AvgIpc) is 2.03. The van der Waals surface area contributed by atoms with E-state index in [0.29, 0.717) is 0 Å². The first kappa shape index (κ1) is 8.32. The van der Waals surface area contributed by atoms with Crippen LogP contribution in [0.1, 0.15) is 10.4 Å². The lowest BCUT2D eigenvalue weighted by Crippen LogP contribution is -2.01. The Morgan fingerprint density at radius 3 is 2.83 bits per heavy atom. The van der Waals surface area contributed by atoms with E-state index < -0.39 is 5.97 Å². The van der Waals surface area contributed by atoms with Crippen molar-refractivity contribution in [2.45, 2.75) is 0 Å². The van der Waals surface area contributed by atoms with Gasteiger partial charge in [-0.2, -0.15) is 4.98 Å². The minimum absolute atomic E-state index is 0.0688. The Labute approximate surface area is 68.8 Å². The Morgan fingerprint density at radius 2 is 2.33 bits per heavy atom. The first-order valence-corrected chi connectivity index (χ1v) is 3.18. The number of carboxylic acids is 1. The van der Waals surface area contributed by atoms with Crippen LogP contribution in [0.15, 0.2) is 12.1 Å². The van der Waals surface area contributed by atoms with E-state index >= 15 is 0 Å². The highest BCUT2D eigenvalue weighted by Crippen LogP contribution is 2.13. The molecule has 0 unspecified atom stereocenters. The molecule has 0 aliphatic heterocycles. The lowest BCUT2D eigenvalue weighted by Gasteiger charge is -2.01. The lowest BCUT2D eigenvalue weighted by molar-refractivity contribution is 0.0696. The van der Waals surface area contributed by atoms with E-state index in [2.05, 4.69) is 4.98 Å². The predicted molar refractivity (Wildman–Crippen MR) is 42.2 cm³/mol. The molecule has 5 nitrogen and oxygen atoms in total. The number of carbonyl (C=O) groups is 1. The Balaban J connectivity index is 3.15. The number of ether oxygens (including phenoxy) is 1. The molecule has 1 heterocycles. The molecule has 0 bridgehead atoms. The Kier molecular flexibility index (Phi) is 2.14. The fourth-order valence-corrected chi connectivity index (χ4v) is 0.754. The zero-order chi connectivity index (χ0) is 9.14. The van der Waals surface area contributed by atoms with E-state index in [0.717, 1.165) is 0 Å². The molecular formula is C7H8N2O3. The summed E-state index contributed by atoms with van der Waals surface area (Å²) < 4.78 is 4.73. The Morgan fingerprint density at radius 1 is 1.67 bits per heavy atom. The van der Waals surface area contributed by atoms with Crippen molar-refractivity contribution in [1.82, 2.24) is 4.98 Å². The van der Waals surface area contributed by atoms with Crippen LogP contribution in [0.5, 0.6) is 5.88 Å². The number of anilines is 1. The maximum atomic E-state index is 10.5. The number of nitrogens with zero attached hydrogens (tertiary/aromatic N) is 1. The normalized spacial score (nSPS) is 9.42. The van der Waals surface area contributed by atoms with Gasteiger partial charge in [0.1, 0.15) is 5.82 Å². The highest BCUT2D eigenvalue weighted by molar-refractivity contribution is 5.88. The van der Waals surface area contributed by atoms with Crippen molar-refractivity contribution in [1.29, 1.82) is 0 Å². The molecule has 0 saturated carbocycles. The Bertz CT molecular complexity index is 312. The van der Waals surface area contributed by atoms with E-state index in [1.165, 1.54) is 19.2 Å². The molecule has 12 heavy (non-hydrogen) atoms. The number of aromatic nitrogens is 1. The molecule has 0 aliphatic rings. The van der Waals surface area contributed by atoms with Crippen LogP contribution < -0.4 is 10.5 Å². The maximum absolute atomic E-state index is 10.5. The third-order valence-electron chi connectivity index (χ3n) is 1.28. The van der Waals surface area contributed by atoms with Gasteiger partial charge in [0.15, 0.2) is 0 Å². The summed E-state index contributed by atoms with van der Waals surface area (Å²) >= 11 is 0. The number of carboxylic acid groups (broad SMARTS) is 1. The second kappa shape index (κ2) is 3.08. The van der Waals surface area contributed by atoms with Crippen molar-refractivity contribution in [3.63, 3.8) is 0 Å². The molecular weight excluding hydrogens is 160 g/mol. The number of nitrogen functional groups attached to an aromatic ring is 1. The van der Waals surface area contributed by atoms with Crippen LogP contribution >= 0.6 is 0 Å². The zero-order valence-electron chi connectivity index (χ0n) is 6.44. The molecule has 0 aromatic carbocycles. The number of hydrogen-bond donors (Lipinski definition) is 2. The number of methoxy groups -OCH3 is 1. The molecule has 3 N–H and O–H groups in total. The van der Waals surface area contributed by atoms with Gasteiger partial charge in [0.05, 0.1) is 12.7 Å². The first-order chi connectivity index (χ1) is 5.63. The van der Waals surface area contributed by atoms with Crippen LogP contribution in [-0.4, -0.2) is 23.2 Å². The van der Waals surface area contributed by atoms with Crippen molar-refractivity contribution in [2.24, 2.45) is 0 Å². The fourth-order valence-electron chi connectivity index (χ4n) is 0.754. The molecule has 1 aromatic heterocycles. The molecule has 0 spiro atoms.